The number of nitro benzene ring substituents is 1. The van der Waals surface area contributed by atoms with Crippen LogP contribution in [0, 0.1) is 28.4 Å². The van der Waals surface area contributed by atoms with E-state index in [9.17, 15) is 20.2 Å². The molecule has 0 aliphatic rings. The number of fused-ring (bicyclic) bond motifs is 1. The molecule has 0 aliphatic carbocycles. The third-order valence-electron chi connectivity index (χ3n) is 6.17. The van der Waals surface area contributed by atoms with Crippen LogP contribution < -0.4 is 20.1 Å². The molecule has 3 aromatic carbocycles. The minimum absolute atomic E-state index is 0.105. The molecule has 0 unspecified atom stereocenters. The van der Waals surface area contributed by atoms with Gasteiger partial charge in [0.05, 0.1) is 46.9 Å². The quantitative estimate of drug-likeness (QED) is 0.176. The Morgan fingerprint density at radius 1 is 1.05 bits per heavy atom. The highest BCUT2D eigenvalue weighted by atomic mass is 16.6. The highest BCUT2D eigenvalue weighted by molar-refractivity contribution is 6.06. The number of hydrogen-bond donors (Lipinski definition) is 2. The topological polar surface area (TPSA) is 144 Å². The van der Waals surface area contributed by atoms with Gasteiger partial charge in [-0.05, 0) is 55.5 Å². The first-order valence-electron chi connectivity index (χ1n) is 12.0. The average molecular weight is 535 g/mol. The molecule has 0 saturated carbocycles. The Labute approximate surface area is 228 Å². The Morgan fingerprint density at radius 2 is 1.77 bits per heavy atom. The molecule has 1 amide bonds. The van der Waals surface area contributed by atoms with E-state index in [0.717, 1.165) is 0 Å². The number of anilines is 3. The summed E-state index contributed by atoms with van der Waals surface area (Å²) < 4.78 is 12.7. The number of nitro groups is 1. The van der Waals surface area contributed by atoms with Crippen molar-refractivity contribution in [2.75, 3.05) is 17.7 Å². The largest absolute Gasteiger partial charge is 0.497 e. The fourth-order valence-corrected chi connectivity index (χ4v) is 4.11. The number of benzene rings is 3. The van der Waals surface area contributed by atoms with Crippen molar-refractivity contribution in [3.8, 4) is 23.3 Å². The van der Waals surface area contributed by atoms with Crippen LogP contribution in [0.15, 0.2) is 85.2 Å². The number of amides is 1. The standard InChI is InChI=1S/C29H22N6O5/c1-18-26(33-29(36)19-6-10-22(11-7-19)35(37)38)17-34-28(18)27(20(15-30)16-31-34)32-21-8-12-23(13-9-21)40-25-5-3-4-24(14-25)39-2/h3-14,16-17,32H,1-2H3,(H,33,36). The van der Waals surface area contributed by atoms with Gasteiger partial charge in [-0.3, -0.25) is 14.9 Å². The first-order valence-corrected chi connectivity index (χ1v) is 12.0. The van der Waals surface area contributed by atoms with Crippen molar-refractivity contribution >= 4 is 34.2 Å². The van der Waals surface area contributed by atoms with E-state index in [1.807, 2.05) is 30.3 Å². The summed E-state index contributed by atoms with van der Waals surface area (Å²) in [5, 5.41) is 31.1. The van der Waals surface area contributed by atoms with E-state index in [1.54, 1.807) is 42.9 Å². The highest BCUT2D eigenvalue weighted by Crippen LogP contribution is 2.33. The molecule has 0 atom stereocenters. The van der Waals surface area contributed by atoms with Crippen LogP contribution in [-0.4, -0.2) is 27.6 Å². The first kappa shape index (κ1) is 25.7. The summed E-state index contributed by atoms with van der Waals surface area (Å²) in [6, 6.07) is 22.0. The van der Waals surface area contributed by atoms with Gasteiger partial charge in [0.25, 0.3) is 11.6 Å². The summed E-state index contributed by atoms with van der Waals surface area (Å²) >= 11 is 0. The molecule has 2 heterocycles. The Kier molecular flexibility index (Phi) is 6.98. The summed E-state index contributed by atoms with van der Waals surface area (Å²) in [6.45, 7) is 1.81. The molecule has 198 valence electrons. The van der Waals surface area contributed by atoms with Crippen molar-refractivity contribution < 1.29 is 19.2 Å². The molecule has 5 aromatic rings. The fourth-order valence-electron chi connectivity index (χ4n) is 4.11. The number of carbonyl (C=O) groups is 1. The molecule has 11 heteroatoms. The van der Waals surface area contributed by atoms with Gasteiger partial charge in [-0.25, -0.2) is 4.52 Å². The number of carbonyl (C=O) groups excluding carboxylic acids is 1. The van der Waals surface area contributed by atoms with Crippen LogP contribution in [-0.2, 0) is 0 Å². The number of aryl methyl sites for hydroxylation is 1. The molecular weight excluding hydrogens is 512 g/mol. The molecule has 0 saturated heterocycles. The lowest BCUT2D eigenvalue weighted by Crippen LogP contribution is -2.12. The van der Waals surface area contributed by atoms with Crippen molar-refractivity contribution in [2.24, 2.45) is 0 Å². The average Bonchev–Trinajstić information content (AvgIpc) is 3.29. The van der Waals surface area contributed by atoms with E-state index < -0.39 is 10.8 Å². The molecule has 11 nitrogen and oxygen atoms in total. The molecule has 0 spiro atoms. The smallest absolute Gasteiger partial charge is 0.269 e. The molecule has 0 radical (unpaired) electrons. The van der Waals surface area contributed by atoms with E-state index in [-0.39, 0.29) is 11.3 Å². The van der Waals surface area contributed by atoms with Gasteiger partial charge in [-0.1, -0.05) is 6.07 Å². The van der Waals surface area contributed by atoms with Gasteiger partial charge in [0.1, 0.15) is 23.3 Å². The second kappa shape index (κ2) is 10.8. The minimum Gasteiger partial charge on any atom is -0.497 e. The van der Waals surface area contributed by atoms with E-state index in [2.05, 4.69) is 21.8 Å². The van der Waals surface area contributed by atoms with Crippen LogP contribution in [0.3, 0.4) is 0 Å². The van der Waals surface area contributed by atoms with Gasteiger partial charge < -0.3 is 20.1 Å². The van der Waals surface area contributed by atoms with Crippen LogP contribution in [0.5, 0.6) is 17.2 Å². The van der Waals surface area contributed by atoms with Crippen LogP contribution >= 0.6 is 0 Å². The van der Waals surface area contributed by atoms with E-state index in [0.29, 0.717) is 51.0 Å². The van der Waals surface area contributed by atoms with Crippen LogP contribution in [0.25, 0.3) is 5.52 Å². The lowest BCUT2D eigenvalue weighted by molar-refractivity contribution is -0.384. The first-order chi connectivity index (χ1) is 19.4. The number of non-ortho nitro benzene ring substituents is 1. The maximum atomic E-state index is 12.8. The van der Waals surface area contributed by atoms with Crippen molar-refractivity contribution in [1.82, 2.24) is 9.61 Å². The van der Waals surface area contributed by atoms with E-state index >= 15 is 0 Å². The Hall–Kier alpha value is -5.89. The molecule has 2 aromatic heterocycles. The zero-order valence-corrected chi connectivity index (χ0v) is 21.4. The number of ether oxygens (including phenoxy) is 2. The van der Waals surface area contributed by atoms with Gasteiger partial charge in [0.2, 0.25) is 0 Å². The zero-order valence-electron chi connectivity index (χ0n) is 21.4. The maximum Gasteiger partial charge on any atom is 0.269 e. The van der Waals surface area contributed by atoms with Crippen molar-refractivity contribution in [2.45, 2.75) is 6.92 Å². The van der Waals surface area contributed by atoms with Gasteiger partial charge in [-0.2, -0.15) is 10.4 Å². The summed E-state index contributed by atoms with van der Waals surface area (Å²) in [5.74, 6) is 1.51. The highest BCUT2D eigenvalue weighted by Gasteiger charge is 2.18. The monoisotopic (exact) mass is 534 g/mol. The second-order valence-corrected chi connectivity index (χ2v) is 8.69. The Bertz CT molecular complexity index is 1770. The Morgan fingerprint density at radius 3 is 2.45 bits per heavy atom. The summed E-state index contributed by atoms with van der Waals surface area (Å²) in [4.78, 5) is 23.2. The molecule has 40 heavy (non-hydrogen) atoms. The van der Waals surface area contributed by atoms with E-state index in [4.69, 9.17) is 9.47 Å². The molecule has 0 fully saturated rings. The summed E-state index contributed by atoms with van der Waals surface area (Å²) in [7, 11) is 1.59. The second-order valence-electron chi connectivity index (χ2n) is 8.69. The number of hydrogen-bond acceptors (Lipinski definition) is 8. The number of rotatable bonds is 8. The molecular formula is C29H22N6O5. The van der Waals surface area contributed by atoms with Gasteiger partial charge in [0, 0.05) is 35.0 Å². The van der Waals surface area contributed by atoms with Crippen LogP contribution in [0.2, 0.25) is 0 Å². The van der Waals surface area contributed by atoms with Crippen molar-refractivity contribution in [3.63, 3.8) is 0 Å². The van der Waals surface area contributed by atoms with Crippen LogP contribution in [0.4, 0.5) is 22.7 Å². The summed E-state index contributed by atoms with van der Waals surface area (Å²) in [6.07, 6.45) is 3.09. The van der Waals surface area contributed by atoms with Gasteiger partial charge in [0.15, 0.2) is 0 Å². The minimum atomic E-state index is -0.527. The van der Waals surface area contributed by atoms with Gasteiger partial charge >= 0.3 is 0 Å². The molecule has 0 aliphatic heterocycles. The maximum absolute atomic E-state index is 12.8. The van der Waals surface area contributed by atoms with E-state index in [1.165, 1.54) is 30.5 Å². The molecule has 2 N–H and O–H groups in total. The lowest BCUT2D eigenvalue weighted by Gasteiger charge is -2.12. The van der Waals surface area contributed by atoms with Gasteiger partial charge in [-0.15, -0.1) is 0 Å². The van der Waals surface area contributed by atoms with Crippen LogP contribution in [0.1, 0.15) is 21.5 Å². The number of aromatic nitrogens is 2. The predicted molar refractivity (Wildman–Crippen MR) is 148 cm³/mol. The third-order valence-corrected chi connectivity index (χ3v) is 6.17. The van der Waals surface area contributed by atoms with Crippen molar-refractivity contribution in [3.05, 3.63) is 112 Å². The summed E-state index contributed by atoms with van der Waals surface area (Å²) in [5.41, 5.74) is 3.48. The fraction of sp³-hybridized carbons (Fsp3) is 0.0690. The number of nitrogens with one attached hydrogen (secondary N) is 2. The zero-order chi connectivity index (χ0) is 28.2. The number of nitriles is 1. The molecule has 0 bridgehead atoms. The van der Waals surface area contributed by atoms with Crippen molar-refractivity contribution in [1.29, 1.82) is 5.26 Å². The normalized spacial score (nSPS) is 10.5. The lowest BCUT2D eigenvalue weighted by atomic mass is 10.1. The Balaban J connectivity index is 1.40. The third kappa shape index (κ3) is 5.23. The predicted octanol–water partition coefficient (Wildman–Crippen LogP) is 6.22. The number of nitrogens with zero attached hydrogens (tertiary/aromatic N) is 4. The SMILES string of the molecule is COc1cccc(Oc2ccc(Nc3c(C#N)cnn4cc(NC(=O)c5ccc([N+](=O)[O-])cc5)c(C)c34)cc2)c1. The number of methoxy groups -OCH3 is 1. The molecule has 5 rings (SSSR count).